The molecule has 2 fully saturated rings. The van der Waals surface area contributed by atoms with Crippen molar-refractivity contribution in [2.75, 3.05) is 38.4 Å². The molecule has 280 valence electrons. The van der Waals surface area contributed by atoms with Crippen molar-refractivity contribution in [1.82, 2.24) is 9.47 Å². The minimum absolute atomic E-state index is 0.0727. The first-order valence-corrected chi connectivity index (χ1v) is 17.6. The number of hydrogen-bond donors (Lipinski definition) is 0. The van der Waals surface area contributed by atoms with Crippen LogP contribution in [0, 0.1) is 11.6 Å². The first-order valence-electron chi connectivity index (χ1n) is 17.6. The molecule has 1 aromatic heterocycles. The van der Waals surface area contributed by atoms with E-state index in [2.05, 4.69) is 0 Å². The first-order chi connectivity index (χ1) is 25.2. The molecule has 13 heteroatoms. The molecule has 0 bridgehead atoms. The van der Waals surface area contributed by atoms with Crippen molar-refractivity contribution in [3.63, 3.8) is 0 Å². The molecule has 0 radical (unpaired) electrons. The Morgan fingerprint density at radius 2 is 1.68 bits per heavy atom. The van der Waals surface area contributed by atoms with Gasteiger partial charge in [0.1, 0.15) is 22.7 Å². The summed E-state index contributed by atoms with van der Waals surface area (Å²) in [5.74, 6) is -3.79. The van der Waals surface area contributed by atoms with Gasteiger partial charge in [-0.2, -0.15) is 0 Å². The molecule has 2 aliphatic rings. The van der Waals surface area contributed by atoms with Crippen LogP contribution in [-0.2, 0) is 19.0 Å². The van der Waals surface area contributed by atoms with Crippen molar-refractivity contribution in [2.45, 2.75) is 71.1 Å². The number of ether oxygens (including phenoxy) is 4. The number of halogens is 2. The van der Waals surface area contributed by atoms with Crippen LogP contribution < -0.4 is 15.1 Å². The fourth-order valence-electron chi connectivity index (χ4n) is 6.60. The van der Waals surface area contributed by atoms with Gasteiger partial charge in [0.05, 0.1) is 23.9 Å². The number of amides is 1. The number of benzene rings is 3. The minimum Gasteiger partial charge on any atom is -0.492 e. The summed E-state index contributed by atoms with van der Waals surface area (Å²) in [4.78, 5) is 56.0. The van der Waals surface area contributed by atoms with Gasteiger partial charge in [-0.05, 0) is 70.7 Å². The van der Waals surface area contributed by atoms with Crippen LogP contribution in [0.15, 0.2) is 65.6 Å². The normalized spacial score (nSPS) is 16.6. The Bertz CT molecular complexity index is 2110. The predicted octanol–water partition coefficient (Wildman–Crippen LogP) is 7.20. The standard InChI is InChI=1S/C40H43F2N3O8/c1-23-20-43(16-17-44(23)39(49)53-40(3,4)5)34-32(42)19-29-33(36(34)50-6)45(27-13-14-27)21-30(35(29)46)38(48)52-22-51-37(47)24(2)26-12-15-28(31(41)18-26)25-10-8-7-9-11-25/h7-12,15,18-19,21,23-24,27H,13-14,16-17,20,22H2,1-6H3. The SMILES string of the molecule is COc1c(N2CCN(C(=O)OC(C)(C)C)C(C)C2)c(F)cc2c(=O)c(C(=O)OCOC(=O)C(C)c3ccc(-c4ccccc4)c(F)c3)cn(C3CC3)c12. The zero-order chi connectivity index (χ0) is 38.2. The molecule has 3 aromatic carbocycles. The lowest BCUT2D eigenvalue weighted by molar-refractivity contribution is -0.153. The molecule has 11 nitrogen and oxygen atoms in total. The maximum atomic E-state index is 16.1. The molecule has 1 aliphatic carbocycles. The zero-order valence-electron chi connectivity index (χ0n) is 30.6. The smallest absolute Gasteiger partial charge is 0.410 e. The number of esters is 2. The lowest BCUT2D eigenvalue weighted by Crippen LogP contribution is -2.55. The number of fused-ring (bicyclic) bond motifs is 1. The van der Waals surface area contributed by atoms with Gasteiger partial charge in [0.15, 0.2) is 11.6 Å². The molecule has 1 saturated heterocycles. The van der Waals surface area contributed by atoms with Crippen molar-refractivity contribution in [2.24, 2.45) is 0 Å². The molecular formula is C40H43F2N3O8. The molecule has 0 N–H and O–H groups in total. The average molecular weight is 732 g/mol. The fraction of sp³-hybridized carbons (Fsp3) is 0.400. The summed E-state index contributed by atoms with van der Waals surface area (Å²) in [5.41, 5.74) is 0.132. The number of carbonyl (C=O) groups is 3. The van der Waals surface area contributed by atoms with Crippen LogP contribution in [0.2, 0.25) is 0 Å². The van der Waals surface area contributed by atoms with Gasteiger partial charge in [0.2, 0.25) is 12.2 Å². The molecule has 1 saturated carbocycles. The van der Waals surface area contributed by atoms with E-state index >= 15 is 4.39 Å². The van der Waals surface area contributed by atoms with Crippen LogP contribution in [0.3, 0.4) is 0 Å². The zero-order valence-corrected chi connectivity index (χ0v) is 30.6. The monoisotopic (exact) mass is 731 g/mol. The highest BCUT2D eigenvalue weighted by Crippen LogP contribution is 2.44. The van der Waals surface area contributed by atoms with Gasteiger partial charge < -0.3 is 33.3 Å². The van der Waals surface area contributed by atoms with Crippen LogP contribution >= 0.6 is 0 Å². The molecule has 2 heterocycles. The van der Waals surface area contributed by atoms with E-state index in [1.165, 1.54) is 26.3 Å². The van der Waals surface area contributed by atoms with Crippen molar-refractivity contribution in [3.05, 3.63) is 93.8 Å². The molecule has 0 spiro atoms. The van der Waals surface area contributed by atoms with Crippen LogP contribution in [0.5, 0.6) is 5.75 Å². The van der Waals surface area contributed by atoms with Crippen LogP contribution in [0.1, 0.15) is 75.3 Å². The third kappa shape index (κ3) is 7.84. The van der Waals surface area contributed by atoms with Gasteiger partial charge in [-0.25, -0.2) is 18.4 Å². The number of piperazine rings is 1. The Morgan fingerprint density at radius 1 is 0.962 bits per heavy atom. The molecule has 2 atom stereocenters. The van der Waals surface area contributed by atoms with E-state index in [9.17, 15) is 23.6 Å². The largest absolute Gasteiger partial charge is 0.492 e. The second-order valence-electron chi connectivity index (χ2n) is 14.5. The Kier molecular flexibility index (Phi) is 10.5. The molecule has 53 heavy (non-hydrogen) atoms. The summed E-state index contributed by atoms with van der Waals surface area (Å²) >= 11 is 0. The maximum Gasteiger partial charge on any atom is 0.410 e. The third-order valence-corrected chi connectivity index (χ3v) is 9.46. The van der Waals surface area contributed by atoms with E-state index in [4.69, 9.17) is 18.9 Å². The first kappa shape index (κ1) is 37.3. The van der Waals surface area contributed by atoms with Crippen LogP contribution in [0.25, 0.3) is 22.0 Å². The predicted molar refractivity (Wildman–Crippen MR) is 194 cm³/mol. The summed E-state index contributed by atoms with van der Waals surface area (Å²) in [6, 6.07) is 14.2. The van der Waals surface area contributed by atoms with Gasteiger partial charge in [-0.15, -0.1) is 0 Å². The Hall–Kier alpha value is -5.46. The lowest BCUT2D eigenvalue weighted by atomic mass is 9.97. The van der Waals surface area contributed by atoms with E-state index in [0.717, 1.165) is 18.9 Å². The van der Waals surface area contributed by atoms with Gasteiger partial charge in [-0.3, -0.25) is 9.59 Å². The number of pyridine rings is 1. The summed E-state index contributed by atoms with van der Waals surface area (Å²) in [7, 11) is 1.39. The molecule has 6 rings (SSSR count). The van der Waals surface area contributed by atoms with E-state index < -0.39 is 53.4 Å². The quantitative estimate of drug-likeness (QED) is 0.130. The Balaban J connectivity index is 1.19. The second-order valence-corrected chi connectivity index (χ2v) is 14.5. The van der Waals surface area contributed by atoms with Crippen LogP contribution in [0.4, 0.5) is 19.3 Å². The number of nitrogens with zero attached hydrogens (tertiary/aromatic N) is 3. The van der Waals surface area contributed by atoms with Crippen molar-refractivity contribution in [3.8, 4) is 16.9 Å². The number of methoxy groups -OCH3 is 1. The van der Waals surface area contributed by atoms with Crippen LogP contribution in [-0.4, -0.2) is 72.7 Å². The summed E-state index contributed by atoms with van der Waals surface area (Å²) in [6.07, 6.45) is 2.44. The highest BCUT2D eigenvalue weighted by Gasteiger charge is 2.36. The molecule has 1 amide bonds. The summed E-state index contributed by atoms with van der Waals surface area (Å²) in [6.45, 7) is 8.80. The maximum absolute atomic E-state index is 16.1. The molecule has 4 aromatic rings. The van der Waals surface area contributed by atoms with Gasteiger partial charge in [0.25, 0.3) is 0 Å². The number of hydrogen-bond acceptors (Lipinski definition) is 9. The summed E-state index contributed by atoms with van der Waals surface area (Å²) in [5, 5.41) is -0.0727. The number of aromatic nitrogens is 1. The fourth-order valence-corrected chi connectivity index (χ4v) is 6.60. The Morgan fingerprint density at radius 3 is 2.30 bits per heavy atom. The third-order valence-electron chi connectivity index (χ3n) is 9.46. The molecule has 2 unspecified atom stereocenters. The second kappa shape index (κ2) is 14.9. The van der Waals surface area contributed by atoms with Gasteiger partial charge in [-0.1, -0.05) is 42.5 Å². The highest BCUT2D eigenvalue weighted by atomic mass is 19.1. The highest BCUT2D eigenvalue weighted by molar-refractivity contribution is 5.98. The van der Waals surface area contributed by atoms with Crippen molar-refractivity contribution < 1.29 is 42.1 Å². The number of anilines is 1. The van der Waals surface area contributed by atoms with E-state index in [0.29, 0.717) is 22.2 Å². The lowest BCUT2D eigenvalue weighted by Gasteiger charge is -2.41. The topological polar surface area (TPSA) is 117 Å². The van der Waals surface area contributed by atoms with E-state index in [1.54, 1.807) is 71.5 Å². The summed E-state index contributed by atoms with van der Waals surface area (Å²) < 4.78 is 54.5. The van der Waals surface area contributed by atoms with Gasteiger partial charge >= 0.3 is 18.0 Å². The van der Waals surface area contributed by atoms with Crippen molar-refractivity contribution >= 4 is 34.6 Å². The molecule has 1 aliphatic heterocycles. The number of carbonyl (C=O) groups excluding carboxylic acids is 3. The van der Waals surface area contributed by atoms with Crippen molar-refractivity contribution in [1.29, 1.82) is 0 Å². The minimum atomic E-state index is -1.06. The van der Waals surface area contributed by atoms with E-state index in [-0.39, 0.29) is 54.1 Å². The Labute approximate surface area is 306 Å². The average Bonchev–Trinajstić information content (AvgIpc) is 3.96. The van der Waals surface area contributed by atoms with Gasteiger partial charge in [0, 0.05) is 43.5 Å². The van der Waals surface area contributed by atoms with E-state index in [1.807, 2.05) is 13.0 Å². The molecular weight excluding hydrogens is 688 g/mol. The number of rotatable bonds is 9.